The molecule has 0 spiro atoms. The first-order valence-corrected chi connectivity index (χ1v) is 24.0. The lowest BCUT2D eigenvalue weighted by molar-refractivity contribution is 0.660. The predicted octanol–water partition coefficient (Wildman–Crippen LogP) is 17.1. The van der Waals surface area contributed by atoms with Gasteiger partial charge in [0.15, 0.2) is 17.5 Å². The van der Waals surface area contributed by atoms with Gasteiger partial charge in [-0.2, -0.15) is 0 Å². The lowest BCUT2D eigenvalue weighted by atomic mass is 9.82. The van der Waals surface area contributed by atoms with Gasteiger partial charge in [-0.05, 0) is 99.1 Å². The van der Waals surface area contributed by atoms with Crippen molar-refractivity contribution in [2.24, 2.45) is 0 Å². The van der Waals surface area contributed by atoms with E-state index < -0.39 is 0 Å². The van der Waals surface area contributed by atoms with Crippen LogP contribution in [0.4, 0.5) is 0 Å². The number of hydrogen-bond donors (Lipinski definition) is 0. The number of aromatic nitrogens is 3. The maximum absolute atomic E-state index is 6.67. The van der Waals surface area contributed by atoms with E-state index in [1.807, 2.05) is 53.0 Å². The predicted molar refractivity (Wildman–Crippen MR) is 278 cm³/mol. The molecule has 6 heteroatoms. The highest BCUT2D eigenvalue weighted by Gasteiger charge is 2.35. The van der Waals surface area contributed by atoms with E-state index in [2.05, 4.69) is 172 Å². The third-order valence-electron chi connectivity index (χ3n) is 13.7. The summed E-state index contributed by atoms with van der Waals surface area (Å²) in [5, 5.41) is 7.15. The fraction of sp³-hybridized carbons (Fsp3) is 0.0500. The molecule has 66 heavy (non-hydrogen) atoms. The van der Waals surface area contributed by atoms with E-state index in [1.165, 1.54) is 79.3 Å². The van der Waals surface area contributed by atoms with Gasteiger partial charge in [0.25, 0.3) is 0 Å². The molecule has 0 saturated heterocycles. The molecule has 4 aromatic heterocycles. The highest BCUT2D eigenvalue weighted by atomic mass is 32.1. The molecule has 9 aromatic carbocycles. The van der Waals surface area contributed by atoms with Crippen molar-refractivity contribution in [2.75, 3.05) is 0 Å². The van der Waals surface area contributed by atoms with Crippen LogP contribution in [0.25, 0.3) is 130 Å². The summed E-state index contributed by atoms with van der Waals surface area (Å²) in [5.74, 6) is 1.86. The van der Waals surface area contributed by atoms with Gasteiger partial charge >= 0.3 is 0 Å². The maximum Gasteiger partial charge on any atom is 0.164 e. The summed E-state index contributed by atoms with van der Waals surface area (Å²) < 4.78 is 11.8. The molecule has 0 saturated carbocycles. The van der Waals surface area contributed by atoms with Crippen LogP contribution >= 0.6 is 22.7 Å². The van der Waals surface area contributed by atoms with E-state index in [4.69, 9.17) is 19.4 Å². The molecule has 4 heterocycles. The lowest BCUT2D eigenvalue weighted by Gasteiger charge is -2.21. The van der Waals surface area contributed by atoms with Crippen molar-refractivity contribution < 1.29 is 4.42 Å². The lowest BCUT2D eigenvalue weighted by Crippen LogP contribution is -2.15. The van der Waals surface area contributed by atoms with Crippen LogP contribution in [0.1, 0.15) is 25.0 Å². The van der Waals surface area contributed by atoms with Gasteiger partial charge in [0.2, 0.25) is 0 Å². The van der Waals surface area contributed by atoms with Crippen LogP contribution in [0.15, 0.2) is 192 Å². The molecular formula is C60H37N3OS2. The minimum Gasteiger partial charge on any atom is -0.456 e. The molecule has 0 aliphatic heterocycles. The van der Waals surface area contributed by atoms with Crippen molar-refractivity contribution in [3.63, 3.8) is 0 Å². The third kappa shape index (κ3) is 5.65. The zero-order chi connectivity index (χ0) is 43.7. The smallest absolute Gasteiger partial charge is 0.164 e. The Bertz CT molecular complexity index is 4160. The monoisotopic (exact) mass is 879 g/mol. The number of furan rings is 1. The normalized spacial score (nSPS) is 13.1. The summed E-state index contributed by atoms with van der Waals surface area (Å²) in [6.07, 6.45) is 0. The van der Waals surface area contributed by atoms with E-state index in [9.17, 15) is 0 Å². The van der Waals surface area contributed by atoms with E-state index in [-0.39, 0.29) is 5.41 Å². The maximum atomic E-state index is 6.67. The fourth-order valence-electron chi connectivity index (χ4n) is 10.5. The first kappa shape index (κ1) is 37.6. The summed E-state index contributed by atoms with van der Waals surface area (Å²) in [6, 6.07) is 67.7. The van der Waals surface area contributed by atoms with Gasteiger partial charge in [-0.25, -0.2) is 15.0 Å². The summed E-state index contributed by atoms with van der Waals surface area (Å²) in [5.41, 5.74) is 14.1. The van der Waals surface area contributed by atoms with Gasteiger partial charge < -0.3 is 4.42 Å². The Kier molecular flexibility index (Phi) is 8.04. The number of hydrogen-bond acceptors (Lipinski definition) is 6. The standard InChI is InChI=1S/C60H37N3OS2/c1-60(2)47-19-9-6-15-39(47)40-26-24-37(31-48(40)60)58-61-57(34-13-4-3-5-14-34)62-59(63-58)44-18-12-20-50-55(44)46-29-36(25-28-49(46)64-50)45-30-38(33-54-56(45)43-17-8-11-22-52(43)66-54)35-23-27-42-41-16-7-10-21-51(41)65-53(42)32-35/h3-33H,1-2H3. The molecule has 14 rings (SSSR count). The van der Waals surface area contributed by atoms with Crippen molar-refractivity contribution in [1.82, 2.24) is 15.0 Å². The Morgan fingerprint density at radius 3 is 1.88 bits per heavy atom. The molecule has 1 aliphatic rings. The van der Waals surface area contributed by atoms with Gasteiger partial charge in [-0.3, -0.25) is 0 Å². The van der Waals surface area contributed by atoms with Gasteiger partial charge in [0.1, 0.15) is 11.2 Å². The second kappa shape index (κ2) is 14.1. The molecule has 13 aromatic rings. The second-order valence-electron chi connectivity index (χ2n) is 17.9. The summed E-state index contributed by atoms with van der Waals surface area (Å²) in [7, 11) is 0. The van der Waals surface area contributed by atoms with Gasteiger partial charge in [-0.1, -0.05) is 147 Å². The highest BCUT2D eigenvalue weighted by Crippen LogP contribution is 2.50. The van der Waals surface area contributed by atoms with Gasteiger partial charge in [0.05, 0.1) is 0 Å². The Balaban J connectivity index is 0.961. The van der Waals surface area contributed by atoms with Crippen molar-refractivity contribution in [3.8, 4) is 67.5 Å². The third-order valence-corrected chi connectivity index (χ3v) is 16.0. The second-order valence-corrected chi connectivity index (χ2v) is 20.1. The van der Waals surface area contributed by atoms with Gasteiger partial charge in [0, 0.05) is 73.2 Å². The molecule has 0 bridgehead atoms. The number of fused-ring (bicyclic) bond motifs is 12. The first-order chi connectivity index (χ1) is 32.4. The largest absolute Gasteiger partial charge is 0.456 e. The van der Waals surface area contributed by atoms with Crippen molar-refractivity contribution >= 4 is 85.0 Å². The molecule has 0 unspecified atom stereocenters. The Hall–Kier alpha value is -7.77. The fourth-order valence-corrected chi connectivity index (χ4v) is 12.8. The molecule has 0 fully saturated rings. The van der Waals surface area contributed by atoms with Crippen LogP contribution in [0, 0.1) is 0 Å². The number of rotatable bonds is 5. The minimum absolute atomic E-state index is 0.160. The zero-order valence-corrected chi connectivity index (χ0v) is 37.6. The van der Waals surface area contributed by atoms with Crippen LogP contribution < -0.4 is 0 Å². The van der Waals surface area contributed by atoms with Crippen LogP contribution in [0.5, 0.6) is 0 Å². The molecule has 310 valence electrons. The quantitative estimate of drug-likeness (QED) is 0.173. The van der Waals surface area contributed by atoms with E-state index in [0.717, 1.165) is 44.2 Å². The summed E-state index contributed by atoms with van der Waals surface area (Å²) in [6.45, 7) is 4.62. The summed E-state index contributed by atoms with van der Waals surface area (Å²) >= 11 is 3.72. The van der Waals surface area contributed by atoms with Crippen LogP contribution in [-0.2, 0) is 5.41 Å². The van der Waals surface area contributed by atoms with Gasteiger partial charge in [-0.15, -0.1) is 22.7 Å². The highest BCUT2D eigenvalue weighted by molar-refractivity contribution is 7.26. The minimum atomic E-state index is -0.160. The van der Waals surface area contributed by atoms with E-state index in [1.54, 1.807) is 0 Å². The topological polar surface area (TPSA) is 51.8 Å². The molecule has 0 atom stereocenters. The molecule has 0 radical (unpaired) electrons. The number of thiophene rings is 2. The molecular weight excluding hydrogens is 843 g/mol. The summed E-state index contributed by atoms with van der Waals surface area (Å²) in [4.78, 5) is 15.7. The average Bonchev–Trinajstić information content (AvgIpc) is 4.11. The number of benzene rings is 9. The number of nitrogens with zero attached hydrogens (tertiary/aromatic N) is 3. The Labute approximate surface area is 388 Å². The average molecular weight is 880 g/mol. The van der Waals surface area contributed by atoms with Crippen molar-refractivity contribution in [3.05, 3.63) is 199 Å². The Morgan fingerprint density at radius 1 is 0.348 bits per heavy atom. The zero-order valence-electron chi connectivity index (χ0n) is 36.0. The van der Waals surface area contributed by atoms with E-state index in [0.29, 0.717) is 17.5 Å². The molecule has 4 nitrogen and oxygen atoms in total. The van der Waals surface area contributed by atoms with Crippen LogP contribution in [0.3, 0.4) is 0 Å². The molecule has 0 amide bonds. The SMILES string of the molecule is CC1(C)c2ccccc2-c2ccc(-c3nc(-c4ccccc4)nc(-c4cccc5oc6ccc(-c7cc(-c8ccc9c(c8)sc8ccccc89)cc8sc9ccccc9c78)cc6c45)n3)cc21. The van der Waals surface area contributed by atoms with Crippen molar-refractivity contribution in [1.29, 1.82) is 0 Å². The molecule has 1 aliphatic carbocycles. The first-order valence-electron chi connectivity index (χ1n) is 22.3. The van der Waals surface area contributed by atoms with Crippen LogP contribution in [0.2, 0.25) is 0 Å². The Morgan fingerprint density at radius 2 is 1.00 bits per heavy atom. The van der Waals surface area contributed by atoms with E-state index >= 15 is 0 Å². The molecule has 0 N–H and O–H groups in total. The van der Waals surface area contributed by atoms with Crippen LogP contribution in [-0.4, -0.2) is 15.0 Å². The van der Waals surface area contributed by atoms with Crippen molar-refractivity contribution in [2.45, 2.75) is 19.3 Å².